The molecule has 1 atom stereocenters. The van der Waals surface area contributed by atoms with E-state index in [4.69, 9.17) is 4.74 Å². The maximum Gasteiger partial charge on any atom is 0.270 e. The van der Waals surface area contributed by atoms with Crippen LogP contribution >= 0.6 is 11.3 Å². The molecule has 3 aromatic rings. The number of hydrogen-bond acceptors (Lipinski definition) is 4. The molecular weight excluding hydrogens is 365 g/mol. The van der Waals surface area contributed by atoms with Crippen molar-refractivity contribution in [3.05, 3.63) is 53.8 Å². The molecule has 0 aliphatic carbocycles. The first-order valence-electron chi connectivity index (χ1n) is 7.82. The lowest BCUT2D eigenvalue weighted by Gasteiger charge is -2.28. The Morgan fingerprint density at radius 2 is 1.88 bits per heavy atom. The Morgan fingerprint density at radius 1 is 1.19 bits per heavy atom. The Kier molecular flexibility index (Phi) is 4.86. The Labute approximate surface area is 151 Å². The molecule has 1 aromatic heterocycles. The maximum absolute atomic E-state index is 13.8. The number of amides is 1. The second kappa shape index (κ2) is 6.95. The lowest BCUT2D eigenvalue weighted by atomic mass is 10.0. The highest BCUT2D eigenvalue weighted by molar-refractivity contribution is 7.22. The maximum atomic E-state index is 13.8. The highest BCUT2D eigenvalue weighted by atomic mass is 32.1. The number of aromatic nitrogens is 1. The fourth-order valence-electron chi connectivity index (χ4n) is 2.26. The number of carbonyl (C=O) groups excluding carboxylic acids is 1. The molecule has 0 saturated carbocycles. The molecule has 0 radical (unpaired) electrons. The normalized spacial score (nSPS) is 13.4. The minimum absolute atomic E-state index is 0.225. The van der Waals surface area contributed by atoms with E-state index in [0.717, 1.165) is 23.5 Å². The first-order valence-corrected chi connectivity index (χ1v) is 8.64. The van der Waals surface area contributed by atoms with Gasteiger partial charge in [0, 0.05) is 6.07 Å². The van der Waals surface area contributed by atoms with E-state index in [-0.39, 0.29) is 17.3 Å². The summed E-state index contributed by atoms with van der Waals surface area (Å²) in [4.78, 5) is 16.9. The van der Waals surface area contributed by atoms with Crippen LogP contribution < -0.4 is 10.1 Å². The SMILES string of the molecule is CCC(C)(Oc1ccc(F)cc1F)C(=O)Nc1nc2ccc(F)cc2s1. The Bertz CT molecular complexity index is 976. The molecule has 1 unspecified atom stereocenters. The number of nitrogens with one attached hydrogen (secondary N) is 1. The minimum Gasteiger partial charge on any atom is -0.475 e. The van der Waals surface area contributed by atoms with Gasteiger partial charge >= 0.3 is 0 Å². The number of anilines is 1. The third kappa shape index (κ3) is 3.65. The number of benzene rings is 2. The summed E-state index contributed by atoms with van der Waals surface area (Å²) >= 11 is 1.12. The smallest absolute Gasteiger partial charge is 0.270 e. The minimum atomic E-state index is -1.40. The van der Waals surface area contributed by atoms with E-state index in [1.807, 2.05) is 0 Å². The number of carbonyl (C=O) groups is 1. The lowest BCUT2D eigenvalue weighted by molar-refractivity contribution is -0.130. The zero-order chi connectivity index (χ0) is 18.9. The third-order valence-corrected chi connectivity index (χ3v) is 4.89. The highest BCUT2D eigenvalue weighted by Gasteiger charge is 2.35. The average molecular weight is 380 g/mol. The zero-order valence-corrected chi connectivity index (χ0v) is 14.8. The summed E-state index contributed by atoms with van der Waals surface area (Å²) in [6.07, 6.45) is 0.231. The van der Waals surface area contributed by atoms with Crippen molar-refractivity contribution >= 4 is 32.6 Å². The van der Waals surface area contributed by atoms with Gasteiger partial charge in [0.15, 0.2) is 22.3 Å². The molecule has 1 heterocycles. The van der Waals surface area contributed by atoms with Gasteiger partial charge in [-0.2, -0.15) is 0 Å². The van der Waals surface area contributed by atoms with Gasteiger partial charge in [-0.25, -0.2) is 18.2 Å². The molecule has 0 fully saturated rings. The Hall–Kier alpha value is -2.61. The van der Waals surface area contributed by atoms with Crippen molar-refractivity contribution in [2.75, 3.05) is 5.32 Å². The summed E-state index contributed by atoms with van der Waals surface area (Å²) in [5, 5.41) is 2.89. The van der Waals surface area contributed by atoms with Crippen LogP contribution in [0.25, 0.3) is 10.2 Å². The molecule has 1 amide bonds. The first-order chi connectivity index (χ1) is 12.3. The lowest BCUT2D eigenvalue weighted by Crippen LogP contribution is -2.45. The summed E-state index contributed by atoms with van der Waals surface area (Å²) in [6, 6.07) is 6.99. The fraction of sp³-hybridized carbons (Fsp3) is 0.222. The van der Waals surface area contributed by atoms with Gasteiger partial charge < -0.3 is 4.74 Å². The molecule has 0 saturated heterocycles. The molecule has 8 heteroatoms. The number of nitrogens with zero attached hydrogens (tertiary/aromatic N) is 1. The topological polar surface area (TPSA) is 51.2 Å². The molecule has 4 nitrogen and oxygen atoms in total. The number of hydrogen-bond donors (Lipinski definition) is 1. The van der Waals surface area contributed by atoms with E-state index in [0.29, 0.717) is 16.3 Å². The molecule has 136 valence electrons. The molecule has 1 N–H and O–H groups in total. The quantitative estimate of drug-likeness (QED) is 0.685. The van der Waals surface area contributed by atoms with Crippen LogP contribution in [0.15, 0.2) is 36.4 Å². The number of halogens is 3. The van der Waals surface area contributed by atoms with Gasteiger partial charge in [-0.05, 0) is 43.7 Å². The second-order valence-electron chi connectivity index (χ2n) is 5.85. The largest absolute Gasteiger partial charge is 0.475 e. The fourth-order valence-corrected chi connectivity index (χ4v) is 3.15. The number of fused-ring (bicyclic) bond motifs is 1. The summed E-state index contributed by atoms with van der Waals surface area (Å²) < 4.78 is 46.3. The van der Waals surface area contributed by atoms with E-state index in [1.165, 1.54) is 25.1 Å². The van der Waals surface area contributed by atoms with E-state index >= 15 is 0 Å². The van der Waals surface area contributed by atoms with Crippen molar-refractivity contribution < 1.29 is 22.7 Å². The van der Waals surface area contributed by atoms with Crippen molar-refractivity contribution in [1.29, 1.82) is 0 Å². The van der Waals surface area contributed by atoms with Gasteiger partial charge in [0.25, 0.3) is 5.91 Å². The van der Waals surface area contributed by atoms with Gasteiger partial charge in [0.1, 0.15) is 11.6 Å². The van der Waals surface area contributed by atoms with Crippen molar-refractivity contribution in [2.45, 2.75) is 25.9 Å². The van der Waals surface area contributed by atoms with Crippen molar-refractivity contribution in [2.24, 2.45) is 0 Å². The van der Waals surface area contributed by atoms with Crippen molar-refractivity contribution in [1.82, 2.24) is 4.98 Å². The van der Waals surface area contributed by atoms with E-state index in [2.05, 4.69) is 10.3 Å². The second-order valence-corrected chi connectivity index (χ2v) is 6.88. The molecule has 0 aliphatic heterocycles. The number of rotatable bonds is 5. The van der Waals surface area contributed by atoms with Gasteiger partial charge in [-0.3, -0.25) is 10.1 Å². The standard InChI is InChI=1S/C18H15F3N2O2S/c1-3-18(2,25-14-7-5-10(19)8-12(14)21)16(24)23-17-22-13-6-4-11(20)9-15(13)26-17/h4-9H,3H2,1-2H3,(H,22,23,24). The predicted octanol–water partition coefficient (Wildman–Crippen LogP) is 4.90. The van der Waals surface area contributed by atoms with Crippen LogP contribution in [0.3, 0.4) is 0 Å². The van der Waals surface area contributed by atoms with Crippen molar-refractivity contribution in [3.8, 4) is 5.75 Å². The average Bonchev–Trinajstić information content (AvgIpc) is 2.98. The summed E-state index contributed by atoms with van der Waals surface area (Å²) in [6.45, 7) is 3.20. The van der Waals surface area contributed by atoms with Crippen LogP contribution in [0, 0.1) is 17.5 Å². The van der Waals surface area contributed by atoms with Gasteiger partial charge in [-0.1, -0.05) is 18.3 Å². The molecule has 0 bridgehead atoms. The molecular formula is C18H15F3N2O2S. The van der Waals surface area contributed by atoms with Crippen LogP contribution in [-0.4, -0.2) is 16.5 Å². The third-order valence-electron chi connectivity index (χ3n) is 3.96. The summed E-state index contributed by atoms with van der Waals surface area (Å²) in [5.74, 6) is -2.79. The Balaban J connectivity index is 1.82. The summed E-state index contributed by atoms with van der Waals surface area (Å²) in [7, 11) is 0. The number of thiazole rings is 1. The summed E-state index contributed by atoms with van der Waals surface area (Å²) in [5.41, 5.74) is -0.850. The van der Waals surface area contributed by atoms with Crippen LogP contribution in [-0.2, 0) is 4.79 Å². The van der Waals surface area contributed by atoms with E-state index in [1.54, 1.807) is 6.92 Å². The van der Waals surface area contributed by atoms with Crippen LogP contribution in [0.4, 0.5) is 18.3 Å². The highest BCUT2D eigenvalue weighted by Crippen LogP contribution is 2.29. The van der Waals surface area contributed by atoms with Crippen LogP contribution in [0.5, 0.6) is 5.75 Å². The van der Waals surface area contributed by atoms with Crippen LogP contribution in [0.2, 0.25) is 0 Å². The van der Waals surface area contributed by atoms with Crippen LogP contribution in [0.1, 0.15) is 20.3 Å². The molecule has 3 rings (SSSR count). The van der Waals surface area contributed by atoms with Crippen molar-refractivity contribution in [3.63, 3.8) is 0 Å². The predicted molar refractivity (Wildman–Crippen MR) is 93.9 cm³/mol. The number of ether oxygens (including phenoxy) is 1. The van der Waals surface area contributed by atoms with Gasteiger partial charge in [0.05, 0.1) is 10.2 Å². The van der Waals surface area contributed by atoms with Gasteiger partial charge in [0.2, 0.25) is 0 Å². The first kappa shape index (κ1) is 18.2. The molecule has 2 aromatic carbocycles. The molecule has 26 heavy (non-hydrogen) atoms. The van der Waals surface area contributed by atoms with E-state index < -0.39 is 29.0 Å². The Morgan fingerprint density at radius 3 is 2.58 bits per heavy atom. The zero-order valence-electron chi connectivity index (χ0n) is 14.0. The monoisotopic (exact) mass is 380 g/mol. The van der Waals surface area contributed by atoms with E-state index in [9.17, 15) is 18.0 Å². The molecule has 0 aliphatic rings. The molecule has 0 spiro atoms. The van der Waals surface area contributed by atoms with Gasteiger partial charge in [-0.15, -0.1) is 0 Å².